The lowest BCUT2D eigenvalue weighted by molar-refractivity contribution is 0.776. The first kappa shape index (κ1) is 14.6. The Labute approximate surface area is 124 Å². The van der Waals surface area contributed by atoms with Gasteiger partial charge in [0.1, 0.15) is 17.5 Å². The smallest absolute Gasteiger partial charge is 0.139 e. The first-order chi connectivity index (χ1) is 9.38. The zero-order valence-corrected chi connectivity index (χ0v) is 12.9. The van der Waals surface area contributed by atoms with E-state index in [-0.39, 0.29) is 5.92 Å². The van der Waals surface area contributed by atoms with Gasteiger partial charge in [-0.15, -0.1) is 0 Å². The number of aryl methyl sites for hydroxylation is 1. The Balaban J connectivity index is 2.45. The molecule has 3 N–H and O–H groups in total. The number of nitrogens with zero attached hydrogens (tertiary/aromatic N) is 2. The number of nitrogens with one attached hydrogen (secondary N) is 1. The molecule has 1 heterocycles. The van der Waals surface area contributed by atoms with Crippen LogP contribution in [0.3, 0.4) is 0 Å². The molecule has 4 nitrogen and oxygen atoms in total. The van der Waals surface area contributed by atoms with E-state index in [0.29, 0.717) is 10.8 Å². The maximum absolute atomic E-state index is 6.04. The number of hydrogen-bond donors (Lipinski definition) is 2. The van der Waals surface area contributed by atoms with Gasteiger partial charge < -0.3 is 11.1 Å². The Morgan fingerprint density at radius 1 is 1.20 bits per heavy atom. The summed E-state index contributed by atoms with van der Waals surface area (Å²) in [4.78, 5) is 8.87. The zero-order valence-electron chi connectivity index (χ0n) is 12.2. The molecule has 1 aromatic heterocycles. The molecular formula is C15H19ClN4. The van der Waals surface area contributed by atoms with E-state index in [9.17, 15) is 0 Å². The second-order valence-corrected chi connectivity index (χ2v) is 5.62. The van der Waals surface area contributed by atoms with Gasteiger partial charge in [-0.1, -0.05) is 31.5 Å². The van der Waals surface area contributed by atoms with Crippen LogP contribution in [-0.2, 0) is 0 Å². The van der Waals surface area contributed by atoms with Crippen LogP contribution in [0.15, 0.2) is 18.2 Å². The van der Waals surface area contributed by atoms with Gasteiger partial charge in [-0.25, -0.2) is 9.97 Å². The van der Waals surface area contributed by atoms with E-state index in [0.717, 1.165) is 28.5 Å². The Kier molecular flexibility index (Phi) is 4.14. The van der Waals surface area contributed by atoms with E-state index in [1.54, 1.807) is 0 Å². The molecule has 0 atom stereocenters. The molecule has 0 saturated carbocycles. The van der Waals surface area contributed by atoms with E-state index in [4.69, 9.17) is 17.3 Å². The normalized spacial score (nSPS) is 10.9. The van der Waals surface area contributed by atoms with Crippen LogP contribution in [0.25, 0.3) is 0 Å². The fourth-order valence-electron chi connectivity index (χ4n) is 1.79. The standard InChI is InChI=1S/C15H19ClN4/c1-8(2)14-19-13(17)10(4)15(20-14)18-12-7-11(16)6-5-9(12)3/h5-8H,1-4H3,(H3,17,18,19,20). The van der Waals surface area contributed by atoms with E-state index < -0.39 is 0 Å². The maximum atomic E-state index is 6.04. The highest BCUT2D eigenvalue weighted by Crippen LogP contribution is 2.27. The van der Waals surface area contributed by atoms with Crippen LogP contribution < -0.4 is 11.1 Å². The number of rotatable bonds is 3. The number of anilines is 3. The highest BCUT2D eigenvalue weighted by molar-refractivity contribution is 6.30. The van der Waals surface area contributed by atoms with E-state index in [2.05, 4.69) is 15.3 Å². The van der Waals surface area contributed by atoms with Crippen LogP contribution in [-0.4, -0.2) is 9.97 Å². The van der Waals surface area contributed by atoms with Gasteiger partial charge in [0, 0.05) is 22.2 Å². The summed E-state index contributed by atoms with van der Waals surface area (Å²) in [5.74, 6) is 2.19. The zero-order chi connectivity index (χ0) is 14.9. The van der Waals surface area contributed by atoms with Crippen molar-refractivity contribution in [1.29, 1.82) is 0 Å². The number of benzene rings is 1. The monoisotopic (exact) mass is 290 g/mol. The van der Waals surface area contributed by atoms with Crippen molar-refractivity contribution in [2.45, 2.75) is 33.6 Å². The van der Waals surface area contributed by atoms with Gasteiger partial charge in [0.2, 0.25) is 0 Å². The van der Waals surface area contributed by atoms with E-state index >= 15 is 0 Å². The van der Waals surface area contributed by atoms with Crippen LogP contribution in [0.5, 0.6) is 0 Å². The van der Waals surface area contributed by atoms with Crippen molar-refractivity contribution >= 4 is 28.9 Å². The second kappa shape index (κ2) is 5.67. The topological polar surface area (TPSA) is 63.8 Å². The quantitative estimate of drug-likeness (QED) is 0.889. The first-order valence-electron chi connectivity index (χ1n) is 6.55. The minimum Gasteiger partial charge on any atom is -0.383 e. The molecular weight excluding hydrogens is 272 g/mol. The lowest BCUT2D eigenvalue weighted by atomic mass is 10.1. The predicted octanol–water partition coefficient (Wildman–Crippen LogP) is 4.20. The summed E-state index contributed by atoms with van der Waals surface area (Å²) in [6.45, 7) is 8.00. The maximum Gasteiger partial charge on any atom is 0.139 e. The SMILES string of the molecule is Cc1ccc(Cl)cc1Nc1nc(C(C)C)nc(N)c1C. The number of aromatic nitrogens is 2. The molecule has 5 heteroatoms. The van der Waals surface area contributed by atoms with Gasteiger partial charge in [-0.05, 0) is 31.5 Å². The summed E-state index contributed by atoms with van der Waals surface area (Å²) < 4.78 is 0. The van der Waals surface area contributed by atoms with Crippen molar-refractivity contribution in [2.75, 3.05) is 11.1 Å². The van der Waals surface area contributed by atoms with Crippen molar-refractivity contribution in [2.24, 2.45) is 0 Å². The molecule has 2 aromatic rings. The molecule has 2 rings (SSSR count). The molecule has 0 aliphatic carbocycles. The molecule has 0 saturated heterocycles. The summed E-state index contributed by atoms with van der Waals surface area (Å²) in [5, 5.41) is 3.98. The molecule has 0 radical (unpaired) electrons. The van der Waals surface area contributed by atoms with Crippen LogP contribution in [0.1, 0.15) is 36.7 Å². The lowest BCUT2D eigenvalue weighted by Gasteiger charge is -2.15. The largest absolute Gasteiger partial charge is 0.383 e. The van der Waals surface area contributed by atoms with Gasteiger partial charge in [-0.2, -0.15) is 0 Å². The Morgan fingerprint density at radius 2 is 1.90 bits per heavy atom. The molecule has 106 valence electrons. The Hall–Kier alpha value is -1.81. The number of halogens is 1. The van der Waals surface area contributed by atoms with Crippen molar-refractivity contribution in [3.8, 4) is 0 Å². The van der Waals surface area contributed by atoms with Gasteiger partial charge in [0.25, 0.3) is 0 Å². The van der Waals surface area contributed by atoms with Gasteiger partial charge in [-0.3, -0.25) is 0 Å². The molecule has 0 bridgehead atoms. The fourth-order valence-corrected chi connectivity index (χ4v) is 1.96. The van der Waals surface area contributed by atoms with Crippen molar-refractivity contribution in [3.63, 3.8) is 0 Å². The minimum absolute atomic E-state index is 0.221. The van der Waals surface area contributed by atoms with Crippen LogP contribution in [0.4, 0.5) is 17.3 Å². The van der Waals surface area contributed by atoms with Crippen molar-refractivity contribution < 1.29 is 0 Å². The molecule has 0 unspecified atom stereocenters. The third-order valence-corrected chi connectivity index (χ3v) is 3.40. The fraction of sp³-hybridized carbons (Fsp3) is 0.333. The predicted molar refractivity (Wildman–Crippen MR) is 84.7 cm³/mol. The summed E-state index contributed by atoms with van der Waals surface area (Å²) >= 11 is 6.04. The summed E-state index contributed by atoms with van der Waals surface area (Å²) in [6.07, 6.45) is 0. The van der Waals surface area contributed by atoms with Gasteiger partial charge in [0.05, 0.1) is 0 Å². The molecule has 0 spiro atoms. The van der Waals surface area contributed by atoms with Crippen LogP contribution >= 0.6 is 11.6 Å². The van der Waals surface area contributed by atoms with E-state index in [1.807, 2.05) is 45.9 Å². The molecule has 0 aliphatic rings. The lowest BCUT2D eigenvalue weighted by Crippen LogP contribution is -2.08. The van der Waals surface area contributed by atoms with Crippen LogP contribution in [0, 0.1) is 13.8 Å². The van der Waals surface area contributed by atoms with Crippen molar-refractivity contribution in [3.05, 3.63) is 40.2 Å². The molecule has 0 aliphatic heterocycles. The third kappa shape index (κ3) is 3.02. The summed E-state index contributed by atoms with van der Waals surface area (Å²) in [7, 11) is 0. The molecule has 20 heavy (non-hydrogen) atoms. The van der Waals surface area contributed by atoms with Gasteiger partial charge >= 0.3 is 0 Å². The average Bonchev–Trinajstić information content (AvgIpc) is 2.38. The summed E-state index contributed by atoms with van der Waals surface area (Å²) in [5.41, 5.74) is 8.82. The number of hydrogen-bond acceptors (Lipinski definition) is 4. The number of nitrogen functional groups attached to an aromatic ring is 1. The first-order valence-corrected chi connectivity index (χ1v) is 6.93. The molecule has 0 amide bonds. The molecule has 0 fully saturated rings. The van der Waals surface area contributed by atoms with Crippen LogP contribution in [0.2, 0.25) is 5.02 Å². The Bertz CT molecular complexity index is 638. The second-order valence-electron chi connectivity index (χ2n) is 5.18. The highest BCUT2D eigenvalue weighted by atomic mass is 35.5. The average molecular weight is 291 g/mol. The summed E-state index contributed by atoms with van der Waals surface area (Å²) in [6, 6.07) is 5.71. The van der Waals surface area contributed by atoms with Crippen molar-refractivity contribution in [1.82, 2.24) is 9.97 Å². The highest BCUT2D eigenvalue weighted by Gasteiger charge is 2.12. The molecule has 1 aromatic carbocycles. The number of nitrogens with two attached hydrogens (primary N) is 1. The van der Waals surface area contributed by atoms with E-state index in [1.165, 1.54) is 0 Å². The Morgan fingerprint density at radius 3 is 2.55 bits per heavy atom. The minimum atomic E-state index is 0.221. The third-order valence-electron chi connectivity index (χ3n) is 3.17. The van der Waals surface area contributed by atoms with Gasteiger partial charge in [0.15, 0.2) is 0 Å².